The van der Waals surface area contributed by atoms with E-state index in [4.69, 9.17) is 10.5 Å². The normalized spacial score (nSPS) is 15.9. The number of hydrogen-bond acceptors (Lipinski definition) is 5. The molecule has 0 saturated carbocycles. The van der Waals surface area contributed by atoms with Crippen molar-refractivity contribution in [2.24, 2.45) is 0 Å². The highest BCUT2D eigenvalue weighted by Gasteiger charge is 2.14. The van der Waals surface area contributed by atoms with Crippen molar-refractivity contribution < 1.29 is 4.74 Å². The highest BCUT2D eigenvalue weighted by Crippen LogP contribution is 2.21. The van der Waals surface area contributed by atoms with Crippen molar-refractivity contribution in [3.8, 4) is 5.88 Å². The Morgan fingerprint density at radius 1 is 1.44 bits per heavy atom. The monoisotopic (exact) mass is 220 g/mol. The predicted octanol–water partition coefficient (Wildman–Crippen LogP) is 1.22. The van der Waals surface area contributed by atoms with E-state index in [9.17, 15) is 0 Å². The SMILES string of the molecule is COc1cc(N2CCC=C(C)C2)nc(N)n1. The summed E-state index contributed by atoms with van der Waals surface area (Å²) in [5, 5.41) is 0. The average molecular weight is 220 g/mol. The van der Waals surface area contributed by atoms with Crippen LogP contribution in [0.4, 0.5) is 11.8 Å². The number of ether oxygens (including phenoxy) is 1. The van der Waals surface area contributed by atoms with Gasteiger partial charge in [0.1, 0.15) is 5.82 Å². The Morgan fingerprint density at radius 2 is 2.25 bits per heavy atom. The van der Waals surface area contributed by atoms with Gasteiger partial charge in [0.05, 0.1) is 7.11 Å². The standard InChI is InChI=1S/C11H16N4O/c1-8-4-3-5-15(7-8)9-6-10(16-2)14-11(12)13-9/h4,6H,3,5,7H2,1-2H3,(H2,12,13,14). The molecule has 0 amide bonds. The highest BCUT2D eigenvalue weighted by molar-refractivity contribution is 5.47. The second-order valence-electron chi connectivity index (χ2n) is 3.89. The molecule has 1 aromatic heterocycles. The summed E-state index contributed by atoms with van der Waals surface area (Å²) in [7, 11) is 1.58. The molecule has 0 aliphatic carbocycles. The molecule has 0 aromatic carbocycles. The Labute approximate surface area is 94.9 Å². The number of aromatic nitrogens is 2. The van der Waals surface area contributed by atoms with Crippen molar-refractivity contribution in [2.75, 3.05) is 30.8 Å². The van der Waals surface area contributed by atoms with Crippen LogP contribution in [0.1, 0.15) is 13.3 Å². The minimum atomic E-state index is 0.251. The Morgan fingerprint density at radius 3 is 2.94 bits per heavy atom. The Kier molecular flexibility index (Phi) is 2.94. The first-order chi connectivity index (χ1) is 7.69. The fourth-order valence-corrected chi connectivity index (χ4v) is 1.80. The van der Waals surface area contributed by atoms with Gasteiger partial charge in [0.15, 0.2) is 0 Å². The molecule has 16 heavy (non-hydrogen) atoms. The van der Waals surface area contributed by atoms with E-state index in [1.165, 1.54) is 5.57 Å². The maximum absolute atomic E-state index is 5.63. The molecule has 1 aromatic rings. The van der Waals surface area contributed by atoms with Gasteiger partial charge in [-0.15, -0.1) is 0 Å². The molecule has 0 atom stereocenters. The maximum Gasteiger partial charge on any atom is 0.225 e. The van der Waals surface area contributed by atoms with Crippen LogP contribution in [0.3, 0.4) is 0 Å². The van der Waals surface area contributed by atoms with E-state index >= 15 is 0 Å². The summed E-state index contributed by atoms with van der Waals surface area (Å²) in [6, 6.07) is 1.81. The van der Waals surface area contributed by atoms with Gasteiger partial charge < -0.3 is 15.4 Å². The maximum atomic E-state index is 5.63. The molecular formula is C11H16N4O. The van der Waals surface area contributed by atoms with Crippen molar-refractivity contribution in [3.63, 3.8) is 0 Å². The second kappa shape index (κ2) is 4.38. The molecule has 0 spiro atoms. The second-order valence-corrected chi connectivity index (χ2v) is 3.89. The molecule has 5 heteroatoms. The van der Waals surface area contributed by atoms with Crippen LogP contribution in [0.25, 0.3) is 0 Å². The largest absolute Gasteiger partial charge is 0.481 e. The Bertz CT molecular complexity index is 416. The van der Waals surface area contributed by atoms with Gasteiger partial charge in [-0.2, -0.15) is 9.97 Å². The molecule has 2 heterocycles. The first-order valence-electron chi connectivity index (χ1n) is 5.28. The number of anilines is 2. The molecule has 1 aliphatic heterocycles. The van der Waals surface area contributed by atoms with E-state index in [1.54, 1.807) is 7.11 Å². The summed E-state index contributed by atoms with van der Waals surface area (Å²) in [6.07, 6.45) is 3.29. The van der Waals surface area contributed by atoms with Crippen molar-refractivity contribution in [3.05, 3.63) is 17.7 Å². The van der Waals surface area contributed by atoms with E-state index in [0.717, 1.165) is 25.3 Å². The van der Waals surface area contributed by atoms with Crippen LogP contribution in [0.2, 0.25) is 0 Å². The zero-order chi connectivity index (χ0) is 11.5. The number of rotatable bonds is 2. The van der Waals surface area contributed by atoms with Gasteiger partial charge in [0, 0.05) is 19.2 Å². The van der Waals surface area contributed by atoms with Crippen molar-refractivity contribution >= 4 is 11.8 Å². The molecule has 5 nitrogen and oxygen atoms in total. The van der Waals surface area contributed by atoms with Crippen molar-refractivity contribution in [2.45, 2.75) is 13.3 Å². The molecule has 86 valence electrons. The highest BCUT2D eigenvalue weighted by atomic mass is 16.5. The number of methoxy groups -OCH3 is 1. The van der Waals surface area contributed by atoms with E-state index in [-0.39, 0.29) is 5.95 Å². The third-order valence-electron chi connectivity index (χ3n) is 2.57. The zero-order valence-electron chi connectivity index (χ0n) is 9.60. The molecule has 0 radical (unpaired) electrons. The zero-order valence-corrected chi connectivity index (χ0v) is 9.60. The van der Waals surface area contributed by atoms with E-state index < -0.39 is 0 Å². The lowest BCUT2D eigenvalue weighted by molar-refractivity contribution is 0.397. The molecular weight excluding hydrogens is 204 g/mol. The van der Waals surface area contributed by atoms with Crippen LogP contribution in [0.15, 0.2) is 17.7 Å². The van der Waals surface area contributed by atoms with Gasteiger partial charge in [-0.3, -0.25) is 0 Å². The van der Waals surface area contributed by atoms with Gasteiger partial charge in [-0.25, -0.2) is 0 Å². The summed E-state index contributed by atoms with van der Waals surface area (Å²) in [4.78, 5) is 10.4. The van der Waals surface area contributed by atoms with Gasteiger partial charge in [-0.1, -0.05) is 11.6 Å². The van der Waals surface area contributed by atoms with E-state index in [0.29, 0.717) is 5.88 Å². The topological polar surface area (TPSA) is 64.3 Å². The quantitative estimate of drug-likeness (QED) is 0.759. The van der Waals surface area contributed by atoms with Gasteiger partial charge in [-0.05, 0) is 13.3 Å². The summed E-state index contributed by atoms with van der Waals surface area (Å²) < 4.78 is 5.08. The van der Waals surface area contributed by atoms with Gasteiger partial charge >= 0.3 is 0 Å². The molecule has 2 rings (SSSR count). The number of hydrogen-bond donors (Lipinski definition) is 1. The van der Waals surface area contributed by atoms with Crippen LogP contribution in [-0.2, 0) is 0 Å². The summed E-state index contributed by atoms with van der Waals surface area (Å²) >= 11 is 0. The van der Waals surface area contributed by atoms with E-state index in [1.807, 2.05) is 6.07 Å². The number of nitrogens with zero attached hydrogens (tertiary/aromatic N) is 3. The summed E-state index contributed by atoms with van der Waals surface area (Å²) in [5.41, 5.74) is 6.98. The predicted molar refractivity (Wildman–Crippen MR) is 63.6 cm³/mol. The fourth-order valence-electron chi connectivity index (χ4n) is 1.80. The van der Waals surface area contributed by atoms with Gasteiger partial charge in [0.2, 0.25) is 11.8 Å². The molecule has 2 N–H and O–H groups in total. The summed E-state index contributed by atoms with van der Waals surface area (Å²) in [6.45, 7) is 3.96. The molecule has 0 bridgehead atoms. The van der Waals surface area contributed by atoms with Crippen LogP contribution < -0.4 is 15.4 Å². The van der Waals surface area contributed by atoms with Crippen LogP contribution in [0.5, 0.6) is 5.88 Å². The molecule has 0 fully saturated rings. The van der Waals surface area contributed by atoms with E-state index in [2.05, 4.69) is 27.9 Å². The summed E-state index contributed by atoms with van der Waals surface area (Å²) in [5.74, 6) is 1.59. The Hall–Kier alpha value is -1.78. The van der Waals surface area contributed by atoms with Crippen LogP contribution in [0, 0.1) is 0 Å². The van der Waals surface area contributed by atoms with Crippen molar-refractivity contribution in [1.29, 1.82) is 0 Å². The number of nitrogens with two attached hydrogens (primary N) is 1. The molecule has 0 saturated heterocycles. The minimum absolute atomic E-state index is 0.251. The first kappa shape index (κ1) is 10.7. The third kappa shape index (κ3) is 2.24. The average Bonchev–Trinajstić information content (AvgIpc) is 2.28. The lowest BCUT2D eigenvalue weighted by atomic mass is 10.1. The smallest absolute Gasteiger partial charge is 0.225 e. The molecule has 0 unspecified atom stereocenters. The van der Waals surface area contributed by atoms with Crippen LogP contribution in [-0.4, -0.2) is 30.2 Å². The lowest BCUT2D eigenvalue weighted by Crippen LogP contribution is -2.30. The fraction of sp³-hybridized carbons (Fsp3) is 0.455. The third-order valence-corrected chi connectivity index (χ3v) is 2.57. The van der Waals surface area contributed by atoms with Gasteiger partial charge in [0.25, 0.3) is 0 Å². The number of nitrogen functional groups attached to an aromatic ring is 1. The first-order valence-corrected chi connectivity index (χ1v) is 5.28. The lowest BCUT2D eigenvalue weighted by Gasteiger charge is -2.27. The minimum Gasteiger partial charge on any atom is -0.481 e. The molecule has 1 aliphatic rings. The van der Waals surface area contributed by atoms with Crippen LogP contribution >= 0.6 is 0 Å². The van der Waals surface area contributed by atoms with Crippen molar-refractivity contribution in [1.82, 2.24) is 9.97 Å². The Balaban J connectivity index is 2.26.